The van der Waals surface area contributed by atoms with E-state index >= 15 is 0 Å². The number of ketones is 1. The molecule has 0 aromatic heterocycles. The molecule has 1 aromatic carbocycles. The normalized spacial score (nSPS) is 18.4. The van der Waals surface area contributed by atoms with Crippen LogP contribution in [0.15, 0.2) is 18.2 Å². The number of carbonyl (C=O) groups excluding carboxylic acids is 2. The van der Waals surface area contributed by atoms with Crippen LogP contribution in [0, 0.1) is 0 Å². The summed E-state index contributed by atoms with van der Waals surface area (Å²) in [6.45, 7) is 3.23. The highest BCUT2D eigenvalue weighted by Gasteiger charge is 2.31. The summed E-state index contributed by atoms with van der Waals surface area (Å²) in [6, 6.07) is 4.07. The third-order valence-corrected chi connectivity index (χ3v) is 3.06. The third-order valence-electron chi connectivity index (χ3n) is 3.06. The Hall–Kier alpha value is -2.17. The minimum absolute atomic E-state index is 0.0557. The number of carboxylic acids is 1. The summed E-state index contributed by atoms with van der Waals surface area (Å²) < 4.78 is 0. The number of hydrogen-bond donors (Lipinski definition) is 1. The second kappa shape index (κ2) is 4.25. The van der Waals surface area contributed by atoms with Crippen LogP contribution in [0.25, 0.3) is 0 Å². The maximum absolute atomic E-state index is 11.9. The number of carboxylic acid groups (broad SMARTS) is 1. The molecule has 0 saturated carbocycles. The van der Waals surface area contributed by atoms with Crippen molar-refractivity contribution in [2.24, 2.45) is 0 Å². The number of fused-ring (bicyclic) bond motifs is 1. The van der Waals surface area contributed by atoms with Gasteiger partial charge in [-0.05, 0) is 25.1 Å². The summed E-state index contributed by atoms with van der Waals surface area (Å²) in [6.07, 6.45) is 0.218. The smallest absolute Gasteiger partial charge is 0.335 e. The summed E-state index contributed by atoms with van der Waals surface area (Å²) >= 11 is 0. The maximum atomic E-state index is 11.9. The second-order valence-corrected chi connectivity index (χ2v) is 4.40. The average Bonchev–Trinajstić information content (AvgIpc) is 2.27. The van der Waals surface area contributed by atoms with Crippen LogP contribution >= 0.6 is 0 Å². The van der Waals surface area contributed by atoms with Crippen LogP contribution < -0.4 is 4.90 Å². The van der Waals surface area contributed by atoms with Gasteiger partial charge in [-0.15, -0.1) is 0 Å². The molecule has 1 aliphatic heterocycles. The van der Waals surface area contributed by atoms with Crippen molar-refractivity contribution in [2.45, 2.75) is 26.3 Å². The first-order chi connectivity index (χ1) is 8.41. The molecule has 2 rings (SSSR count). The van der Waals surface area contributed by atoms with E-state index in [2.05, 4.69) is 0 Å². The number of amides is 1. The minimum Gasteiger partial charge on any atom is -0.478 e. The predicted octanol–water partition coefficient (Wildman–Crippen LogP) is 1.71. The summed E-state index contributed by atoms with van der Waals surface area (Å²) in [5.74, 6) is -1.36. The molecule has 18 heavy (non-hydrogen) atoms. The maximum Gasteiger partial charge on any atom is 0.335 e. The Morgan fingerprint density at radius 2 is 2.06 bits per heavy atom. The van der Waals surface area contributed by atoms with Crippen LogP contribution in [0.3, 0.4) is 0 Å². The molecule has 0 fully saturated rings. The SMILES string of the molecule is CC(=O)N1c2ccc(C(=O)O)cc2C(=O)C[C@@H]1C. The highest BCUT2D eigenvalue weighted by Crippen LogP contribution is 2.31. The average molecular weight is 247 g/mol. The largest absolute Gasteiger partial charge is 0.478 e. The molecular weight excluding hydrogens is 234 g/mol. The molecule has 0 unspecified atom stereocenters. The van der Waals surface area contributed by atoms with Crippen LogP contribution in [-0.4, -0.2) is 28.8 Å². The lowest BCUT2D eigenvalue weighted by Gasteiger charge is -2.33. The molecule has 0 bridgehead atoms. The fourth-order valence-corrected chi connectivity index (χ4v) is 2.29. The number of Topliss-reactive ketones (excluding diaryl/α,β-unsaturated/α-hetero) is 1. The molecule has 0 radical (unpaired) electrons. The van der Waals surface area contributed by atoms with Gasteiger partial charge in [0, 0.05) is 24.9 Å². The molecule has 5 heteroatoms. The molecule has 5 nitrogen and oxygen atoms in total. The predicted molar refractivity (Wildman–Crippen MR) is 65.0 cm³/mol. The van der Waals surface area contributed by atoms with Crippen molar-refractivity contribution in [1.82, 2.24) is 0 Å². The van der Waals surface area contributed by atoms with Crippen molar-refractivity contribution >= 4 is 23.3 Å². The molecule has 1 amide bonds. The second-order valence-electron chi connectivity index (χ2n) is 4.40. The number of nitrogens with zero attached hydrogens (tertiary/aromatic N) is 1. The number of hydrogen-bond acceptors (Lipinski definition) is 3. The number of anilines is 1. The van der Waals surface area contributed by atoms with E-state index in [0.717, 1.165) is 0 Å². The molecular formula is C13H13NO4. The van der Waals surface area contributed by atoms with Crippen molar-refractivity contribution in [3.8, 4) is 0 Å². The van der Waals surface area contributed by atoms with Gasteiger partial charge < -0.3 is 10.0 Å². The number of carbonyl (C=O) groups is 3. The number of benzene rings is 1. The van der Waals surface area contributed by atoms with Gasteiger partial charge in [0.2, 0.25) is 5.91 Å². The van der Waals surface area contributed by atoms with E-state index in [1.165, 1.54) is 30.0 Å². The quantitative estimate of drug-likeness (QED) is 0.819. The van der Waals surface area contributed by atoms with Crippen molar-refractivity contribution < 1.29 is 19.5 Å². The van der Waals surface area contributed by atoms with Gasteiger partial charge in [0.05, 0.1) is 11.3 Å². The zero-order valence-electron chi connectivity index (χ0n) is 10.1. The van der Waals surface area contributed by atoms with Gasteiger partial charge >= 0.3 is 5.97 Å². The van der Waals surface area contributed by atoms with Gasteiger partial charge in [-0.2, -0.15) is 0 Å². The van der Waals surface area contributed by atoms with Gasteiger partial charge in [0.1, 0.15) is 0 Å². The van der Waals surface area contributed by atoms with Crippen molar-refractivity contribution in [2.75, 3.05) is 4.90 Å². The third kappa shape index (κ3) is 1.88. The first-order valence-electron chi connectivity index (χ1n) is 5.62. The molecule has 0 aliphatic carbocycles. The Morgan fingerprint density at radius 3 is 2.61 bits per heavy atom. The van der Waals surface area contributed by atoms with Gasteiger partial charge in [-0.1, -0.05) is 0 Å². The Labute approximate surface area is 104 Å². The fourth-order valence-electron chi connectivity index (χ4n) is 2.29. The van der Waals surface area contributed by atoms with Gasteiger partial charge in [0.15, 0.2) is 5.78 Å². The first-order valence-corrected chi connectivity index (χ1v) is 5.62. The summed E-state index contributed by atoms with van der Waals surface area (Å²) in [5.41, 5.74) is 0.861. The molecule has 1 aromatic rings. The lowest BCUT2D eigenvalue weighted by molar-refractivity contribution is -0.117. The van der Waals surface area contributed by atoms with Crippen molar-refractivity contribution in [3.63, 3.8) is 0 Å². The molecule has 1 atom stereocenters. The van der Waals surface area contributed by atoms with E-state index in [9.17, 15) is 14.4 Å². The monoisotopic (exact) mass is 247 g/mol. The van der Waals surface area contributed by atoms with E-state index in [1.807, 2.05) is 0 Å². The standard InChI is InChI=1S/C13H13NO4/c1-7-5-12(16)10-6-9(13(17)18)3-4-11(10)14(7)8(2)15/h3-4,6-7H,5H2,1-2H3,(H,17,18)/t7-/m0/s1. The minimum atomic E-state index is -1.08. The van der Waals surface area contributed by atoms with Crippen LogP contribution in [0.1, 0.15) is 41.0 Å². The Bertz CT molecular complexity index is 550. The van der Waals surface area contributed by atoms with E-state index in [0.29, 0.717) is 11.3 Å². The van der Waals surface area contributed by atoms with E-state index in [4.69, 9.17) is 5.11 Å². The lowest BCUT2D eigenvalue weighted by Crippen LogP contribution is -2.42. The topological polar surface area (TPSA) is 74.7 Å². The summed E-state index contributed by atoms with van der Waals surface area (Å²) in [7, 11) is 0. The number of rotatable bonds is 1. The first kappa shape index (κ1) is 12.3. The molecule has 94 valence electrons. The lowest BCUT2D eigenvalue weighted by atomic mass is 9.93. The van der Waals surface area contributed by atoms with Gasteiger partial charge in [0.25, 0.3) is 0 Å². The summed E-state index contributed by atoms with van der Waals surface area (Å²) in [4.78, 5) is 35.9. The van der Waals surface area contributed by atoms with E-state index in [-0.39, 0.29) is 29.7 Å². The number of aromatic carboxylic acids is 1. The Kier molecular flexibility index (Phi) is 2.90. The Balaban J connectivity index is 2.59. The zero-order chi connectivity index (χ0) is 13.4. The fraction of sp³-hybridized carbons (Fsp3) is 0.308. The molecule has 1 aliphatic rings. The summed E-state index contributed by atoms with van der Waals surface area (Å²) in [5, 5.41) is 8.91. The van der Waals surface area contributed by atoms with Crippen LogP contribution in [-0.2, 0) is 4.79 Å². The van der Waals surface area contributed by atoms with E-state index < -0.39 is 5.97 Å². The van der Waals surface area contributed by atoms with Gasteiger partial charge in [-0.25, -0.2) is 4.79 Å². The highest BCUT2D eigenvalue weighted by molar-refractivity contribution is 6.10. The van der Waals surface area contributed by atoms with Crippen molar-refractivity contribution in [3.05, 3.63) is 29.3 Å². The highest BCUT2D eigenvalue weighted by atomic mass is 16.4. The molecule has 0 saturated heterocycles. The van der Waals surface area contributed by atoms with Gasteiger partial charge in [-0.3, -0.25) is 9.59 Å². The molecule has 0 spiro atoms. The van der Waals surface area contributed by atoms with Crippen molar-refractivity contribution in [1.29, 1.82) is 0 Å². The molecule has 1 heterocycles. The molecule has 1 N–H and O–H groups in total. The van der Waals surface area contributed by atoms with Crippen LogP contribution in [0.2, 0.25) is 0 Å². The van der Waals surface area contributed by atoms with Crippen LogP contribution in [0.4, 0.5) is 5.69 Å². The van der Waals surface area contributed by atoms with E-state index in [1.54, 1.807) is 6.92 Å². The zero-order valence-corrected chi connectivity index (χ0v) is 10.1. The van der Waals surface area contributed by atoms with Crippen LogP contribution in [0.5, 0.6) is 0 Å². The Morgan fingerprint density at radius 1 is 1.39 bits per heavy atom.